The first-order chi connectivity index (χ1) is 10.3. The third-order valence-electron chi connectivity index (χ3n) is 6.09. The highest BCUT2D eigenvalue weighted by molar-refractivity contribution is 5.97. The fourth-order valence-corrected chi connectivity index (χ4v) is 5.32. The van der Waals surface area contributed by atoms with Crippen molar-refractivity contribution in [2.75, 3.05) is 0 Å². The van der Waals surface area contributed by atoms with Crippen LogP contribution in [0.25, 0.3) is 10.9 Å². The van der Waals surface area contributed by atoms with Crippen LogP contribution in [0.2, 0.25) is 0 Å². The minimum absolute atomic E-state index is 0.262. The molecular formula is C18H20N2O. The largest absolute Gasteiger partial charge is 0.327 e. The number of carbonyl (C=O) groups excluding carboxylic acids is 1. The Morgan fingerprint density at radius 2 is 2.00 bits per heavy atom. The maximum absolute atomic E-state index is 12.7. The Hall–Kier alpha value is -1.61. The monoisotopic (exact) mass is 280 g/mol. The topological polar surface area (TPSA) is 48.0 Å². The molecule has 3 heteroatoms. The van der Waals surface area contributed by atoms with E-state index in [2.05, 4.69) is 18.2 Å². The number of fused-ring (bicyclic) bond motifs is 3. The third kappa shape index (κ3) is 1.40. The van der Waals surface area contributed by atoms with Crippen LogP contribution in [0.15, 0.2) is 24.3 Å². The quantitative estimate of drug-likeness (QED) is 0.806. The Bertz CT molecular complexity index is 760. The zero-order valence-electron chi connectivity index (χ0n) is 12.1. The Kier molecular flexibility index (Phi) is 2.27. The predicted molar refractivity (Wildman–Crippen MR) is 82.4 cm³/mol. The van der Waals surface area contributed by atoms with Gasteiger partial charge in [0.05, 0.1) is 5.52 Å². The highest BCUT2D eigenvalue weighted by atomic mass is 16.2. The Balaban J connectivity index is 1.88. The zero-order valence-corrected chi connectivity index (χ0v) is 12.1. The summed E-state index contributed by atoms with van der Waals surface area (Å²) in [4.78, 5) is 12.7. The van der Waals surface area contributed by atoms with Crippen molar-refractivity contribution < 1.29 is 4.79 Å². The minimum Gasteiger partial charge on any atom is -0.327 e. The second-order valence-corrected chi connectivity index (χ2v) is 7.06. The lowest BCUT2D eigenvalue weighted by Gasteiger charge is -2.47. The van der Waals surface area contributed by atoms with Gasteiger partial charge in [0.15, 0.2) is 0 Å². The molecule has 5 rings (SSSR count). The number of aromatic nitrogens is 1. The molecule has 4 atom stereocenters. The van der Waals surface area contributed by atoms with E-state index in [1.165, 1.54) is 35.9 Å². The highest BCUT2D eigenvalue weighted by Crippen LogP contribution is 2.53. The first-order valence-electron chi connectivity index (χ1n) is 8.16. The number of para-hydroxylation sites is 1. The molecule has 1 aliphatic heterocycles. The van der Waals surface area contributed by atoms with E-state index in [4.69, 9.17) is 5.73 Å². The number of nitrogens with two attached hydrogens (primary N) is 1. The molecule has 1 aromatic carbocycles. The van der Waals surface area contributed by atoms with E-state index >= 15 is 0 Å². The molecule has 1 fully saturated rings. The predicted octanol–water partition coefficient (Wildman–Crippen LogP) is 3.07. The van der Waals surface area contributed by atoms with Gasteiger partial charge >= 0.3 is 0 Å². The molecule has 3 nitrogen and oxygen atoms in total. The number of hydrogen-bond donors (Lipinski definition) is 1. The summed E-state index contributed by atoms with van der Waals surface area (Å²) in [6, 6.07) is 8.63. The smallest absolute Gasteiger partial charge is 0.231 e. The van der Waals surface area contributed by atoms with Crippen molar-refractivity contribution in [2.45, 2.75) is 44.1 Å². The Morgan fingerprint density at radius 3 is 2.90 bits per heavy atom. The molecule has 2 N–H and O–H groups in total. The summed E-state index contributed by atoms with van der Waals surface area (Å²) in [5.41, 5.74) is 10.3. The molecule has 0 radical (unpaired) electrons. The summed E-state index contributed by atoms with van der Waals surface area (Å²) in [5.74, 6) is 1.91. The lowest BCUT2D eigenvalue weighted by molar-refractivity contribution is 0.0748. The van der Waals surface area contributed by atoms with Crippen molar-refractivity contribution in [3.63, 3.8) is 0 Å². The van der Waals surface area contributed by atoms with Crippen molar-refractivity contribution in [3.8, 4) is 0 Å². The van der Waals surface area contributed by atoms with E-state index in [0.717, 1.165) is 11.9 Å². The molecule has 0 unspecified atom stereocenters. The molecule has 0 saturated heterocycles. The van der Waals surface area contributed by atoms with Crippen molar-refractivity contribution in [2.24, 2.45) is 17.6 Å². The van der Waals surface area contributed by atoms with Gasteiger partial charge in [-0.15, -0.1) is 0 Å². The van der Waals surface area contributed by atoms with Gasteiger partial charge in [0.25, 0.3) is 0 Å². The van der Waals surface area contributed by atoms with Crippen LogP contribution in [0.3, 0.4) is 0 Å². The van der Waals surface area contributed by atoms with E-state index in [0.29, 0.717) is 30.1 Å². The fourth-order valence-electron chi connectivity index (χ4n) is 5.32. The van der Waals surface area contributed by atoms with E-state index in [-0.39, 0.29) is 6.04 Å². The van der Waals surface area contributed by atoms with E-state index in [1.54, 1.807) is 0 Å². The minimum atomic E-state index is 0.262. The lowest BCUT2D eigenvalue weighted by Crippen LogP contribution is -2.47. The molecule has 108 valence electrons. The fraction of sp³-hybridized carbons (Fsp3) is 0.500. The van der Waals surface area contributed by atoms with Crippen LogP contribution >= 0.6 is 0 Å². The maximum Gasteiger partial charge on any atom is 0.231 e. The second kappa shape index (κ2) is 3.98. The summed E-state index contributed by atoms with van der Waals surface area (Å²) in [6.07, 6.45) is 5.31. The van der Waals surface area contributed by atoms with Crippen LogP contribution in [0, 0.1) is 11.8 Å². The van der Waals surface area contributed by atoms with E-state index in [9.17, 15) is 4.79 Å². The average molecular weight is 280 g/mol. The van der Waals surface area contributed by atoms with Crippen LogP contribution < -0.4 is 5.73 Å². The van der Waals surface area contributed by atoms with Crippen LogP contribution in [-0.2, 0) is 6.42 Å². The number of rotatable bonds is 0. The van der Waals surface area contributed by atoms with Crippen molar-refractivity contribution >= 4 is 16.8 Å². The Labute approximate surface area is 124 Å². The molecule has 2 aliphatic carbocycles. The standard InChI is InChI=1S/C18H20N2O/c19-14-9-13-11-5-1-2-7-15(11)20-16(21)8-10-4-3-6-12(14)17(10)18(13)20/h1-2,5,7,10,12,14,17H,3-4,6,8-9,19H2/t10-,12+,14-,17+/m1/s1. The van der Waals surface area contributed by atoms with Gasteiger partial charge in [-0.05, 0) is 42.7 Å². The molecule has 21 heavy (non-hydrogen) atoms. The van der Waals surface area contributed by atoms with Crippen LogP contribution in [0.4, 0.5) is 0 Å². The van der Waals surface area contributed by atoms with E-state index < -0.39 is 0 Å². The van der Waals surface area contributed by atoms with Gasteiger partial charge in [-0.1, -0.05) is 24.6 Å². The Morgan fingerprint density at radius 1 is 1.14 bits per heavy atom. The lowest BCUT2D eigenvalue weighted by atomic mass is 9.61. The van der Waals surface area contributed by atoms with Crippen LogP contribution in [-0.4, -0.2) is 16.5 Å². The second-order valence-electron chi connectivity index (χ2n) is 7.06. The summed E-state index contributed by atoms with van der Waals surface area (Å²) >= 11 is 0. The van der Waals surface area contributed by atoms with Gasteiger partial charge in [0, 0.05) is 29.5 Å². The first-order valence-corrected chi connectivity index (χ1v) is 8.16. The number of hydrogen-bond acceptors (Lipinski definition) is 2. The zero-order chi connectivity index (χ0) is 14.1. The van der Waals surface area contributed by atoms with Gasteiger partial charge < -0.3 is 5.73 Å². The van der Waals surface area contributed by atoms with Gasteiger partial charge in [0.1, 0.15) is 0 Å². The summed E-state index contributed by atoms with van der Waals surface area (Å²) < 4.78 is 2.04. The van der Waals surface area contributed by atoms with Crippen molar-refractivity contribution in [3.05, 3.63) is 35.5 Å². The molecule has 0 bridgehead atoms. The normalized spacial score (nSPS) is 34.0. The molecule has 2 aromatic rings. The highest BCUT2D eigenvalue weighted by Gasteiger charge is 2.48. The van der Waals surface area contributed by atoms with Gasteiger partial charge in [-0.2, -0.15) is 0 Å². The maximum atomic E-state index is 12.7. The summed E-state index contributed by atoms with van der Waals surface area (Å²) in [6.45, 7) is 0. The van der Waals surface area contributed by atoms with Gasteiger partial charge in [-0.3, -0.25) is 9.36 Å². The molecule has 1 aromatic heterocycles. The molecular weight excluding hydrogens is 260 g/mol. The first kappa shape index (κ1) is 12.0. The van der Waals surface area contributed by atoms with Gasteiger partial charge in [-0.25, -0.2) is 0 Å². The molecule has 0 spiro atoms. The summed E-state index contributed by atoms with van der Waals surface area (Å²) in [7, 11) is 0. The van der Waals surface area contributed by atoms with Crippen LogP contribution in [0.5, 0.6) is 0 Å². The average Bonchev–Trinajstić information content (AvgIpc) is 2.83. The molecule has 3 aliphatic rings. The molecule has 0 amide bonds. The summed E-state index contributed by atoms with van der Waals surface area (Å²) in [5, 5.41) is 1.25. The SMILES string of the molecule is N[C@@H]1Cc2c3n(c4ccccc24)C(=O)C[C@H]2CCC[C@@H]1[C@@H]32. The molecule has 2 heterocycles. The van der Waals surface area contributed by atoms with Crippen molar-refractivity contribution in [1.82, 2.24) is 4.57 Å². The number of benzene rings is 1. The number of nitrogens with zero attached hydrogens (tertiary/aromatic N) is 1. The third-order valence-corrected chi connectivity index (χ3v) is 6.09. The molecule has 1 saturated carbocycles. The van der Waals surface area contributed by atoms with E-state index in [1.807, 2.05) is 10.6 Å². The van der Waals surface area contributed by atoms with Crippen LogP contribution in [0.1, 0.15) is 47.7 Å². The van der Waals surface area contributed by atoms with Crippen molar-refractivity contribution in [1.29, 1.82) is 0 Å². The number of carbonyl (C=O) groups is 1. The van der Waals surface area contributed by atoms with Gasteiger partial charge in [0.2, 0.25) is 5.91 Å².